The summed E-state index contributed by atoms with van der Waals surface area (Å²) >= 11 is 6.29. The molecule has 0 aliphatic carbocycles. The highest BCUT2D eigenvalue weighted by atomic mass is 35.5. The van der Waals surface area contributed by atoms with Crippen LogP contribution in [0.1, 0.15) is 18.9 Å². The molecular weight excluding hydrogens is 416 g/mol. The van der Waals surface area contributed by atoms with E-state index in [4.69, 9.17) is 16.3 Å². The van der Waals surface area contributed by atoms with Gasteiger partial charge in [0.05, 0.1) is 31.8 Å². The Morgan fingerprint density at radius 1 is 1.23 bits per heavy atom. The number of hydrogen-bond acceptors (Lipinski definition) is 7. The summed E-state index contributed by atoms with van der Waals surface area (Å²) < 4.78 is 34.7. The molecule has 2 fully saturated rings. The summed E-state index contributed by atoms with van der Waals surface area (Å²) in [4.78, 5) is 10.7. The lowest BCUT2D eigenvalue weighted by Crippen LogP contribution is -2.53. The monoisotopic (exact) mass is 435 g/mol. The molecule has 1 aromatic carbocycles. The molecule has 2 aliphatic rings. The van der Waals surface area contributed by atoms with Crippen LogP contribution >= 0.6 is 11.6 Å². The summed E-state index contributed by atoms with van der Waals surface area (Å²) in [5.74, 6) is -2.07. The molecule has 2 aromatic heterocycles. The van der Waals surface area contributed by atoms with Crippen molar-refractivity contribution in [2.45, 2.75) is 31.4 Å². The van der Waals surface area contributed by atoms with Crippen molar-refractivity contribution in [1.82, 2.24) is 25.0 Å². The SMILES string of the molecule is CC1(Nc2nc(N3CCC(F)(F)C3)c3nnn(Cc4ccccc4Cl)c3n2)COC1. The number of alkyl halides is 2. The molecule has 0 atom stereocenters. The van der Waals surface area contributed by atoms with Gasteiger partial charge >= 0.3 is 0 Å². The first-order valence-electron chi connectivity index (χ1n) is 9.65. The number of hydrogen-bond donors (Lipinski definition) is 1. The van der Waals surface area contributed by atoms with Gasteiger partial charge in [0.2, 0.25) is 5.95 Å². The minimum atomic E-state index is -2.76. The molecule has 2 aliphatic heterocycles. The normalized spacial score (nSPS) is 19.8. The first-order valence-corrected chi connectivity index (χ1v) is 10.0. The predicted octanol–water partition coefficient (Wildman–Crippen LogP) is 2.97. The molecule has 0 amide bonds. The molecule has 2 saturated heterocycles. The fourth-order valence-corrected chi connectivity index (χ4v) is 3.88. The Balaban J connectivity index is 1.57. The Kier molecular flexibility index (Phi) is 4.51. The van der Waals surface area contributed by atoms with E-state index < -0.39 is 12.5 Å². The number of nitrogens with zero attached hydrogens (tertiary/aromatic N) is 6. The number of ether oxygens (including phenoxy) is 1. The van der Waals surface area contributed by atoms with Crippen LogP contribution in [0.25, 0.3) is 11.2 Å². The standard InChI is InChI=1S/C19H20ClF2N7O/c1-18(10-30-11-18)25-17-23-15(28-7-6-19(21,22)9-28)14-16(24-17)29(27-26-14)8-12-4-2-3-5-13(12)20/h2-5H,6-11H2,1H3,(H,23,24,25). The van der Waals surface area contributed by atoms with Crippen LogP contribution in [-0.2, 0) is 11.3 Å². The van der Waals surface area contributed by atoms with Crippen LogP contribution in [0.3, 0.4) is 0 Å². The van der Waals surface area contributed by atoms with Crippen molar-refractivity contribution in [1.29, 1.82) is 0 Å². The topological polar surface area (TPSA) is 81.0 Å². The van der Waals surface area contributed by atoms with Gasteiger partial charge in [-0.25, -0.2) is 13.5 Å². The van der Waals surface area contributed by atoms with Crippen molar-refractivity contribution in [3.8, 4) is 0 Å². The highest BCUT2D eigenvalue weighted by Gasteiger charge is 2.40. The maximum atomic E-state index is 13.9. The van der Waals surface area contributed by atoms with Crippen molar-refractivity contribution < 1.29 is 13.5 Å². The van der Waals surface area contributed by atoms with Crippen molar-refractivity contribution in [3.63, 3.8) is 0 Å². The molecule has 0 saturated carbocycles. The first-order chi connectivity index (χ1) is 14.3. The molecular formula is C19H20ClF2N7O. The number of fused-ring (bicyclic) bond motifs is 1. The van der Waals surface area contributed by atoms with Crippen molar-refractivity contribution >= 4 is 34.5 Å². The lowest BCUT2D eigenvalue weighted by atomic mass is 10.0. The second-order valence-corrected chi connectivity index (χ2v) is 8.49. The van der Waals surface area contributed by atoms with E-state index in [1.165, 1.54) is 0 Å². The van der Waals surface area contributed by atoms with Crippen LogP contribution < -0.4 is 10.2 Å². The van der Waals surface area contributed by atoms with E-state index in [0.29, 0.717) is 47.7 Å². The van der Waals surface area contributed by atoms with Crippen LogP contribution in [0.5, 0.6) is 0 Å². The third kappa shape index (κ3) is 3.54. The van der Waals surface area contributed by atoms with Crippen LogP contribution in [0.4, 0.5) is 20.5 Å². The molecule has 5 rings (SSSR count). The van der Waals surface area contributed by atoms with Gasteiger partial charge in [-0.05, 0) is 18.6 Å². The van der Waals surface area contributed by atoms with Gasteiger partial charge in [0.25, 0.3) is 5.92 Å². The molecule has 8 nitrogen and oxygen atoms in total. The van der Waals surface area contributed by atoms with E-state index in [0.717, 1.165) is 5.56 Å². The fourth-order valence-electron chi connectivity index (χ4n) is 3.68. The first kappa shape index (κ1) is 19.4. The van der Waals surface area contributed by atoms with Gasteiger partial charge in [-0.15, -0.1) is 5.10 Å². The van der Waals surface area contributed by atoms with E-state index in [-0.39, 0.29) is 18.5 Å². The fraction of sp³-hybridized carbons (Fsp3) is 0.474. The highest BCUT2D eigenvalue weighted by molar-refractivity contribution is 6.31. The Hall–Kier alpha value is -2.59. The number of aromatic nitrogens is 5. The predicted molar refractivity (Wildman–Crippen MR) is 108 cm³/mol. The average molecular weight is 436 g/mol. The Bertz CT molecular complexity index is 1100. The van der Waals surface area contributed by atoms with Gasteiger partial charge in [0.15, 0.2) is 17.0 Å². The maximum absolute atomic E-state index is 13.9. The summed E-state index contributed by atoms with van der Waals surface area (Å²) in [5, 5.41) is 12.3. The Morgan fingerprint density at radius 3 is 2.70 bits per heavy atom. The third-order valence-electron chi connectivity index (χ3n) is 5.35. The van der Waals surface area contributed by atoms with Gasteiger partial charge < -0.3 is 15.0 Å². The Morgan fingerprint density at radius 2 is 2.03 bits per heavy atom. The second-order valence-electron chi connectivity index (χ2n) is 8.09. The van der Waals surface area contributed by atoms with Crippen molar-refractivity contribution in [2.24, 2.45) is 0 Å². The summed E-state index contributed by atoms with van der Waals surface area (Å²) in [5.41, 5.74) is 1.40. The van der Waals surface area contributed by atoms with Crippen LogP contribution in [-0.4, -0.2) is 62.7 Å². The zero-order valence-electron chi connectivity index (χ0n) is 16.3. The number of anilines is 2. The van der Waals surface area contributed by atoms with E-state index in [2.05, 4.69) is 25.6 Å². The molecule has 0 bridgehead atoms. The quantitative estimate of drug-likeness (QED) is 0.659. The maximum Gasteiger partial charge on any atom is 0.266 e. The van der Waals surface area contributed by atoms with Gasteiger partial charge in [-0.3, -0.25) is 0 Å². The Labute approximate surface area is 176 Å². The lowest BCUT2D eigenvalue weighted by Gasteiger charge is -2.38. The van der Waals surface area contributed by atoms with E-state index in [1.807, 2.05) is 25.1 Å². The largest absolute Gasteiger partial charge is 0.376 e. The summed E-state index contributed by atoms with van der Waals surface area (Å²) in [6, 6.07) is 7.43. The van der Waals surface area contributed by atoms with Gasteiger partial charge in [-0.1, -0.05) is 35.0 Å². The molecule has 158 valence electrons. The molecule has 30 heavy (non-hydrogen) atoms. The average Bonchev–Trinajstić information content (AvgIpc) is 3.25. The minimum Gasteiger partial charge on any atom is -0.376 e. The second kappa shape index (κ2) is 6.98. The van der Waals surface area contributed by atoms with Crippen molar-refractivity contribution in [2.75, 3.05) is 36.5 Å². The zero-order chi connectivity index (χ0) is 20.9. The van der Waals surface area contributed by atoms with E-state index in [1.54, 1.807) is 15.6 Å². The highest BCUT2D eigenvalue weighted by Crippen LogP contribution is 2.34. The molecule has 0 radical (unpaired) electrons. The minimum absolute atomic E-state index is 0.191. The van der Waals surface area contributed by atoms with E-state index >= 15 is 0 Å². The molecule has 0 unspecified atom stereocenters. The zero-order valence-corrected chi connectivity index (χ0v) is 17.0. The van der Waals surface area contributed by atoms with Crippen LogP contribution in [0, 0.1) is 0 Å². The van der Waals surface area contributed by atoms with Crippen molar-refractivity contribution in [3.05, 3.63) is 34.9 Å². The summed E-state index contributed by atoms with van der Waals surface area (Å²) in [6.07, 6.45) is -0.222. The van der Waals surface area contributed by atoms with Gasteiger partial charge in [-0.2, -0.15) is 9.97 Å². The van der Waals surface area contributed by atoms with Crippen LogP contribution in [0.2, 0.25) is 5.02 Å². The molecule has 11 heteroatoms. The number of nitrogens with one attached hydrogen (secondary N) is 1. The third-order valence-corrected chi connectivity index (χ3v) is 5.72. The number of rotatable bonds is 5. The molecule has 3 aromatic rings. The molecule has 1 N–H and O–H groups in total. The number of halogens is 3. The van der Waals surface area contributed by atoms with Gasteiger partial charge in [0.1, 0.15) is 0 Å². The number of benzene rings is 1. The van der Waals surface area contributed by atoms with Gasteiger partial charge in [0, 0.05) is 18.0 Å². The molecule has 4 heterocycles. The summed E-state index contributed by atoms with van der Waals surface area (Å²) in [6.45, 7) is 3.16. The lowest BCUT2D eigenvalue weighted by molar-refractivity contribution is -0.0322. The van der Waals surface area contributed by atoms with Crippen LogP contribution in [0.15, 0.2) is 24.3 Å². The van der Waals surface area contributed by atoms with E-state index in [9.17, 15) is 8.78 Å². The molecule has 0 spiro atoms. The summed E-state index contributed by atoms with van der Waals surface area (Å²) in [7, 11) is 0. The smallest absolute Gasteiger partial charge is 0.266 e.